The maximum absolute atomic E-state index is 6.42. The summed E-state index contributed by atoms with van der Waals surface area (Å²) in [5, 5.41) is 12.2. The van der Waals surface area contributed by atoms with Gasteiger partial charge in [0.15, 0.2) is 0 Å². The first kappa shape index (κ1) is 23.1. The first-order valence-corrected chi connectivity index (χ1v) is 14.4. The standard InChI is InChI=1S/C40H25NO/c1-2-10-28(11-3-1)41(38-15-8-14-36-34(38)23-24-37-35-13-6-7-16-39(35)42-40(36)37)29-19-22-31-27(25-29)18-21-32-30-12-5-4-9-26(30)17-20-33(31)32/h1-25H. The van der Waals surface area contributed by atoms with E-state index in [4.69, 9.17) is 4.42 Å². The van der Waals surface area contributed by atoms with E-state index >= 15 is 0 Å². The number of nitrogens with zero attached hydrogens (tertiary/aromatic N) is 1. The minimum absolute atomic E-state index is 0.917. The van der Waals surface area contributed by atoms with E-state index in [-0.39, 0.29) is 0 Å². The van der Waals surface area contributed by atoms with Gasteiger partial charge in [-0.3, -0.25) is 0 Å². The van der Waals surface area contributed by atoms with Crippen molar-refractivity contribution in [2.45, 2.75) is 0 Å². The molecule has 196 valence electrons. The van der Waals surface area contributed by atoms with Crippen molar-refractivity contribution >= 4 is 82.1 Å². The van der Waals surface area contributed by atoms with E-state index in [0.29, 0.717) is 0 Å². The van der Waals surface area contributed by atoms with E-state index in [2.05, 4.69) is 144 Å². The molecule has 0 atom stereocenters. The summed E-state index contributed by atoms with van der Waals surface area (Å²) < 4.78 is 6.42. The third-order valence-corrected chi connectivity index (χ3v) is 8.62. The number of furan rings is 1. The van der Waals surface area contributed by atoms with Crippen LogP contribution in [0, 0.1) is 0 Å². The van der Waals surface area contributed by atoms with E-state index in [1.54, 1.807) is 0 Å². The van der Waals surface area contributed by atoms with Crippen LogP contribution in [0.3, 0.4) is 0 Å². The van der Waals surface area contributed by atoms with Gasteiger partial charge in [-0.2, -0.15) is 0 Å². The van der Waals surface area contributed by atoms with Gasteiger partial charge in [-0.15, -0.1) is 0 Å². The van der Waals surface area contributed by atoms with Gasteiger partial charge in [0.25, 0.3) is 0 Å². The van der Waals surface area contributed by atoms with Gasteiger partial charge in [0.1, 0.15) is 11.2 Å². The van der Waals surface area contributed by atoms with Crippen molar-refractivity contribution < 1.29 is 4.42 Å². The molecule has 0 aliphatic carbocycles. The van der Waals surface area contributed by atoms with E-state index in [0.717, 1.165) is 49.8 Å². The molecule has 9 aromatic rings. The van der Waals surface area contributed by atoms with Crippen LogP contribution in [-0.4, -0.2) is 0 Å². The summed E-state index contributed by atoms with van der Waals surface area (Å²) in [5.41, 5.74) is 5.19. The zero-order valence-corrected chi connectivity index (χ0v) is 22.8. The molecule has 42 heavy (non-hydrogen) atoms. The largest absolute Gasteiger partial charge is 0.455 e. The number of fused-ring (bicyclic) bond motifs is 10. The minimum Gasteiger partial charge on any atom is -0.455 e. The molecule has 0 aliphatic rings. The van der Waals surface area contributed by atoms with Gasteiger partial charge < -0.3 is 9.32 Å². The Balaban J connectivity index is 1.28. The fourth-order valence-electron chi connectivity index (χ4n) is 6.68. The fraction of sp³-hybridized carbons (Fsp3) is 0. The van der Waals surface area contributed by atoms with Crippen LogP contribution in [0.5, 0.6) is 0 Å². The van der Waals surface area contributed by atoms with Gasteiger partial charge in [0.2, 0.25) is 0 Å². The third kappa shape index (κ3) is 3.39. The zero-order valence-electron chi connectivity index (χ0n) is 22.8. The molecule has 0 aliphatic heterocycles. The summed E-state index contributed by atoms with van der Waals surface area (Å²) in [4.78, 5) is 2.36. The molecule has 0 fully saturated rings. The molecule has 1 aromatic heterocycles. The Hall–Kier alpha value is -5.60. The SMILES string of the molecule is c1ccc(N(c2ccc3c(ccc4c5ccccc5ccc34)c2)c2cccc3c2ccc2c4ccccc4oc32)cc1. The molecule has 0 amide bonds. The minimum atomic E-state index is 0.917. The molecular formula is C40H25NO. The molecule has 0 N–H and O–H groups in total. The smallest absolute Gasteiger partial charge is 0.143 e. The average Bonchev–Trinajstić information content (AvgIpc) is 3.44. The average molecular weight is 536 g/mol. The summed E-state index contributed by atoms with van der Waals surface area (Å²) in [6.45, 7) is 0. The number of hydrogen-bond acceptors (Lipinski definition) is 2. The quantitative estimate of drug-likeness (QED) is 0.209. The van der Waals surface area contributed by atoms with E-state index in [1.165, 1.54) is 32.3 Å². The van der Waals surface area contributed by atoms with Crippen LogP contribution in [-0.2, 0) is 0 Å². The van der Waals surface area contributed by atoms with Crippen molar-refractivity contribution in [3.63, 3.8) is 0 Å². The normalized spacial score (nSPS) is 11.8. The number of rotatable bonds is 3. The van der Waals surface area contributed by atoms with Crippen LogP contribution in [0.25, 0.3) is 65.0 Å². The fourth-order valence-corrected chi connectivity index (χ4v) is 6.68. The second-order valence-corrected chi connectivity index (χ2v) is 10.9. The third-order valence-electron chi connectivity index (χ3n) is 8.62. The molecular weight excluding hydrogens is 510 g/mol. The van der Waals surface area contributed by atoms with E-state index < -0.39 is 0 Å². The summed E-state index contributed by atoms with van der Waals surface area (Å²) in [6, 6.07) is 54.4. The number of hydrogen-bond donors (Lipinski definition) is 0. The highest BCUT2D eigenvalue weighted by Gasteiger charge is 2.18. The summed E-state index contributed by atoms with van der Waals surface area (Å²) in [7, 11) is 0. The predicted molar refractivity (Wildman–Crippen MR) is 178 cm³/mol. The number of benzene rings is 8. The molecule has 1 heterocycles. The Labute approximate surface area is 242 Å². The first-order valence-electron chi connectivity index (χ1n) is 14.4. The van der Waals surface area contributed by atoms with Gasteiger partial charge in [-0.25, -0.2) is 0 Å². The van der Waals surface area contributed by atoms with Gasteiger partial charge in [-0.1, -0.05) is 109 Å². The van der Waals surface area contributed by atoms with Crippen molar-refractivity contribution in [3.05, 3.63) is 152 Å². The lowest BCUT2D eigenvalue weighted by Crippen LogP contribution is -2.10. The highest BCUT2D eigenvalue weighted by atomic mass is 16.3. The molecule has 9 rings (SSSR count). The number of anilines is 3. The lowest BCUT2D eigenvalue weighted by Gasteiger charge is -2.27. The highest BCUT2D eigenvalue weighted by molar-refractivity contribution is 6.19. The van der Waals surface area contributed by atoms with Crippen LogP contribution in [0.2, 0.25) is 0 Å². The Morgan fingerprint density at radius 3 is 1.86 bits per heavy atom. The Bertz CT molecular complexity index is 2470. The van der Waals surface area contributed by atoms with Crippen LogP contribution in [0.1, 0.15) is 0 Å². The molecule has 0 bridgehead atoms. The summed E-state index contributed by atoms with van der Waals surface area (Å²) in [6.07, 6.45) is 0. The van der Waals surface area contributed by atoms with Gasteiger partial charge in [0, 0.05) is 32.9 Å². The molecule has 0 saturated heterocycles. The Morgan fingerprint density at radius 2 is 0.976 bits per heavy atom. The van der Waals surface area contributed by atoms with Gasteiger partial charge >= 0.3 is 0 Å². The second kappa shape index (κ2) is 8.95. The second-order valence-electron chi connectivity index (χ2n) is 10.9. The summed E-state index contributed by atoms with van der Waals surface area (Å²) in [5.74, 6) is 0. The lowest BCUT2D eigenvalue weighted by atomic mass is 9.96. The molecule has 0 radical (unpaired) electrons. The number of para-hydroxylation sites is 2. The first-order chi connectivity index (χ1) is 20.8. The monoisotopic (exact) mass is 535 g/mol. The lowest BCUT2D eigenvalue weighted by molar-refractivity contribution is 0.672. The summed E-state index contributed by atoms with van der Waals surface area (Å²) >= 11 is 0. The van der Waals surface area contributed by atoms with E-state index in [1.807, 2.05) is 12.1 Å². The van der Waals surface area contributed by atoms with Crippen LogP contribution >= 0.6 is 0 Å². The molecule has 0 spiro atoms. The van der Waals surface area contributed by atoms with Crippen LogP contribution in [0.15, 0.2) is 156 Å². The van der Waals surface area contributed by atoms with E-state index in [9.17, 15) is 0 Å². The maximum atomic E-state index is 6.42. The molecule has 2 nitrogen and oxygen atoms in total. The zero-order chi connectivity index (χ0) is 27.6. The van der Waals surface area contributed by atoms with Crippen molar-refractivity contribution in [3.8, 4) is 0 Å². The van der Waals surface area contributed by atoms with Crippen LogP contribution < -0.4 is 4.90 Å². The molecule has 0 unspecified atom stereocenters. The van der Waals surface area contributed by atoms with Crippen molar-refractivity contribution in [2.24, 2.45) is 0 Å². The Kier molecular flexibility index (Phi) is 4.93. The van der Waals surface area contributed by atoms with Crippen molar-refractivity contribution in [1.29, 1.82) is 0 Å². The van der Waals surface area contributed by atoms with Crippen molar-refractivity contribution in [2.75, 3.05) is 4.90 Å². The van der Waals surface area contributed by atoms with Crippen LogP contribution in [0.4, 0.5) is 17.1 Å². The van der Waals surface area contributed by atoms with Gasteiger partial charge in [-0.05, 0) is 74.8 Å². The highest BCUT2D eigenvalue weighted by Crippen LogP contribution is 2.43. The molecule has 0 saturated carbocycles. The molecule has 2 heteroatoms. The molecule has 8 aromatic carbocycles. The van der Waals surface area contributed by atoms with Gasteiger partial charge in [0.05, 0.1) is 5.69 Å². The van der Waals surface area contributed by atoms with Crippen molar-refractivity contribution in [1.82, 2.24) is 0 Å². The maximum Gasteiger partial charge on any atom is 0.143 e. The predicted octanol–water partition coefficient (Wildman–Crippen LogP) is 11.7. The Morgan fingerprint density at radius 1 is 0.357 bits per heavy atom. The topological polar surface area (TPSA) is 16.4 Å².